The Kier molecular flexibility index (Phi) is 5.36. The van der Waals surface area contributed by atoms with E-state index in [1.54, 1.807) is 11.8 Å². The van der Waals surface area contributed by atoms with Gasteiger partial charge in [0.05, 0.1) is 12.1 Å². The highest BCUT2D eigenvalue weighted by Crippen LogP contribution is 2.44. The average Bonchev–Trinajstić information content (AvgIpc) is 2.90. The van der Waals surface area contributed by atoms with E-state index in [2.05, 4.69) is 32.6 Å². The van der Waals surface area contributed by atoms with Crippen molar-refractivity contribution in [3.8, 4) is 0 Å². The Balaban J connectivity index is 2.05. The zero-order chi connectivity index (χ0) is 15.6. The van der Waals surface area contributed by atoms with Crippen LogP contribution in [0, 0.1) is 17.3 Å². The molecule has 0 aliphatic carbocycles. The lowest BCUT2D eigenvalue weighted by molar-refractivity contribution is -0.143. The van der Waals surface area contributed by atoms with Crippen LogP contribution < -0.4 is 0 Å². The summed E-state index contributed by atoms with van der Waals surface area (Å²) in [7, 11) is 0. The molecule has 2 heterocycles. The van der Waals surface area contributed by atoms with Gasteiger partial charge in [0.15, 0.2) is 0 Å². The first kappa shape index (κ1) is 16.8. The zero-order valence-corrected chi connectivity index (χ0v) is 14.5. The summed E-state index contributed by atoms with van der Waals surface area (Å²) in [5.74, 6) is 3.01. The molecule has 2 amide bonds. The summed E-state index contributed by atoms with van der Waals surface area (Å²) in [6, 6.07) is 0. The van der Waals surface area contributed by atoms with Gasteiger partial charge in [0.1, 0.15) is 0 Å². The molecular formula is C16H28N2O2S. The van der Waals surface area contributed by atoms with E-state index in [-0.39, 0.29) is 17.2 Å². The predicted octanol–water partition coefficient (Wildman–Crippen LogP) is 2.44. The molecule has 1 atom stereocenters. The fraction of sp³-hybridized carbons (Fsp3) is 0.875. The van der Waals surface area contributed by atoms with Crippen LogP contribution in [0.15, 0.2) is 0 Å². The number of hydrogen-bond acceptors (Lipinski definition) is 4. The van der Waals surface area contributed by atoms with Gasteiger partial charge < -0.3 is 0 Å². The summed E-state index contributed by atoms with van der Waals surface area (Å²) in [6.07, 6.45) is 1.29. The lowest BCUT2D eigenvalue weighted by atomic mass is 9.86. The van der Waals surface area contributed by atoms with Gasteiger partial charge in [-0.1, -0.05) is 27.7 Å². The minimum atomic E-state index is -0.372. The van der Waals surface area contributed by atoms with Gasteiger partial charge in [-0.05, 0) is 24.0 Å². The summed E-state index contributed by atoms with van der Waals surface area (Å²) in [6.45, 7) is 11.0. The van der Waals surface area contributed by atoms with Crippen molar-refractivity contribution in [2.24, 2.45) is 17.3 Å². The van der Waals surface area contributed by atoms with Crippen molar-refractivity contribution in [3.05, 3.63) is 0 Å². The summed E-state index contributed by atoms with van der Waals surface area (Å²) >= 11 is 1.80. The van der Waals surface area contributed by atoms with Gasteiger partial charge in [0.2, 0.25) is 11.8 Å². The summed E-state index contributed by atoms with van der Waals surface area (Å²) in [5.41, 5.74) is -0.372. The van der Waals surface area contributed by atoms with Gasteiger partial charge >= 0.3 is 0 Å². The molecule has 0 aromatic carbocycles. The van der Waals surface area contributed by atoms with E-state index in [1.165, 1.54) is 4.90 Å². The molecule has 0 bridgehead atoms. The first-order valence-electron chi connectivity index (χ1n) is 7.99. The van der Waals surface area contributed by atoms with E-state index in [9.17, 15) is 9.59 Å². The lowest BCUT2D eigenvalue weighted by Gasteiger charge is -2.30. The standard InChI is InChI=1S/C16H28N2O2S/c1-12(2)8-17(9-13(3)4)11-18-14(19)7-16(15(18)20)5-6-21-10-16/h12-13H,5-11H2,1-4H3. The number of thioether (sulfide) groups is 1. The number of amides is 2. The molecule has 0 N–H and O–H groups in total. The molecule has 2 rings (SSSR count). The zero-order valence-electron chi connectivity index (χ0n) is 13.7. The van der Waals surface area contributed by atoms with Crippen LogP contribution in [0.2, 0.25) is 0 Å². The van der Waals surface area contributed by atoms with Crippen molar-refractivity contribution in [1.29, 1.82) is 0 Å². The average molecular weight is 312 g/mol. The second-order valence-corrected chi connectivity index (χ2v) is 8.46. The molecule has 2 fully saturated rings. The van der Waals surface area contributed by atoms with E-state index in [0.717, 1.165) is 31.0 Å². The van der Waals surface area contributed by atoms with Crippen molar-refractivity contribution < 1.29 is 9.59 Å². The van der Waals surface area contributed by atoms with Crippen LogP contribution in [0.25, 0.3) is 0 Å². The molecule has 1 spiro atoms. The Labute approximate surface area is 132 Å². The van der Waals surface area contributed by atoms with Crippen LogP contribution in [0.3, 0.4) is 0 Å². The maximum atomic E-state index is 12.7. The molecular weight excluding hydrogens is 284 g/mol. The first-order chi connectivity index (χ1) is 9.84. The van der Waals surface area contributed by atoms with Gasteiger partial charge in [0, 0.05) is 25.3 Å². The van der Waals surface area contributed by atoms with Gasteiger partial charge in [-0.15, -0.1) is 0 Å². The quantitative estimate of drug-likeness (QED) is 0.706. The number of carbonyl (C=O) groups excluding carboxylic acids is 2. The Morgan fingerprint density at radius 3 is 2.29 bits per heavy atom. The third-order valence-corrected chi connectivity index (χ3v) is 5.43. The van der Waals surface area contributed by atoms with E-state index >= 15 is 0 Å². The Morgan fingerprint density at radius 1 is 1.19 bits per heavy atom. The summed E-state index contributed by atoms with van der Waals surface area (Å²) < 4.78 is 0. The molecule has 120 valence electrons. The molecule has 2 aliphatic rings. The summed E-state index contributed by atoms with van der Waals surface area (Å²) in [4.78, 5) is 28.8. The van der Waals surface area contributed by atoms with E-state index in [0.29, 0.717) is 24.9 Å². The molecule has 0 radical (unpaired) electrons. The van der Waals surface area contributed by atoms with Crippen molar-refractivity contribution in [2.75, 3.05) is 31.3 Å². The molecule has 5 heteroatoms. The maximum absolute atomic E-state index is 12.7. The van der Waals surface area contributed by atoms with Crippen LogP contribution in [0.5, 0.6) is 0 Å². The summed E-state index contributed by atoms with van der Waals surface area (Å²) in [5, 5.41) is 0. The Morgan fingerprint density at radius 2 is 1.81 bits per heavy atom. The second kappa shape index (κ2) is 6.69. The highest BCUT2D eigenvalue weighted by atomic mass is 32.2. The van der Waals surface area contributed by atoms with Crippen molar-refractivity contribution in [3.63, 3.8) is 0 Å². The first-order valence-corrected chi connectivity index (χ1v) is 9.14. The van der Waals surface area contributed by atoms with Crippen LogP contribution in [0.4, 0.5) is 0 Å². The number of hydrogen-bond donors (Lipinski definition) is 0. The fourth-order valence-corrected chi connectivity index (χ4v) is 4.78. The molecule has 0 aromatic heterocycles. The number of imide groups is 1. The lowest BCUT2D eigenvalue weighted by Crippen LogP contribution is -2.45. The smallest absolute Gasteiger partial charge is 0.237 e. The minimum absolute atomic E-state index is 0.0278. The molecule has 21 heavy (non-hydrogen) atoms. The van der Waals surface area contributed by atoms with E-state index in [4.69, 9.17) is 0 Å². The van der Waals surface area contributed by atoms with Crippen LogP contribution in [-0.2, 0) is 9.59 Å². The topological polar surface area (TPSA) is 40.6 Å². The Bertz CT molecular complexity index is 393. The van der Waals surface area contributed by atoms with Gasteiger partial charge in [-0.3, -0.25) is 19.4 Å². The van der Waals surface area contributed by atoms with Crippen molar-refractivity contribution >= 4 is 23.6 Å². The van der Waals surface area contributed by atoms with Crippen LogP contribution >= 0.6 is 11.8 Å². The van der Waals surface area contributed by atoms with E-state index < -0.39 is 0 Å². The minimum Gasteiger partial charge on any atom is -0.285 e. The maximum Gasteiger partial charge on any atom is 0.237 e. The number of rotatable bonds is 6. The third kappa shape index (κ3) is 3.81. The van der Waals surface area contributed by atoms with E-state index in [1.807, 2.05) is 0 Å². The number of carbonyl (C=O) groups is 2. The fourth-order valence-electron chi connectivity index (χ4n) is 3.34. The number of nitrogens with zero attached hydrogens (tertiary/aromatic N) is 2. The van der Waals surface area contributed by atoms with Crippen molar-refractivity contribution in [2.45, 2.75) is 40.5 Å². The molecule has 0 aromatic rings. The SMILES string of the molecule is CC(C)CN(CC(C)C)CN1C(=O)CC2(CCSC2)C1=O. The molecule has 2 saturated heterocycles. The van der Waals surface area contributed by atoms with Crippen LogP contribution in [0.1, 0.15) is 40.5 Å². The molecule has 2 aliphatic heterocycles. The normalized spacial score (nSPS) is 26.3. The second-order valence-electron chi connectivity index (χ2n) is 7.35. The third-order valence-electron chi connectivity index (χ3n) is 4.18. The molecule has 1 unspecified atom stereocenters. The molecule has 0 saturated carbocycles. The van der Waals surface area contributed by atoms with Gasteiger partial charge in [-0.25, -0.2) is 0 Å². The van der Waals surface area contributed by atoms with Crippen LogP contribution in [-0.4, -0.2) is 52.9 Å². The largest absolute Gasteiger partial charge is 0.285 e. The number of likely N-dealkylation sites (tertiary alicyclic amines) is 1. The van der Waals surface area contributed by atoms with Crippen molar-refractivity contribution in [1.82, 2.24) is 9.80 Å². The Hall–Kier alpha value is -0.550. The molecule has 4 nitrogen and oxygen atoms in total. The highest BCUT2D eigenvalue weighted by molar-refractivity contribution is 7.99. The highest BCUT2D eigenvalue weighted by Gasteiger charge is 2.53. The van der Waals surface area contributed by atoms with Gasteiger partial charge in [0.25, 0.3) is 0 Å². The predicted molar refractivity (Wildman–Crippen MR) is 87.0 cm³/mol. The monoisotopic (exact) mass is 312 g/mol. The van der Waals surface area contributed by atoms with Gasteiger partial charge in [-0.2, -0.15) is 11.8 Å².